The van der Waals surface area contributed by atoms with E-state index in [0.717, 1.165) is 6.07 Å². The van der Waals surface area contributed by atoms with Crippen molar-refractivity contribution in [1.82, 2.24) is 0 Å². The van der Waals surface area contributed by atoms with E-state index < -0.39 is 23.6 Å². The molecule has 1 unspecified atom stereocenters. The molecule has 0 spiro atoms. The molecular weight excluding hydrogens is 169 g/mol. The summed E-state index contributed by atoms with van der Waals surface area (Å²) in [5.74, 6) is -0.637. The molecule has 1 N–H and O–H groups in total. The van der Waals surface area contributed by atoms with Gasteiger partial charge in [0.15, 0.2) is 0 Å². The van der Waals surface area contributed by atoms with Crippen LogP contribution in [0.15, 0.2) is 16.5 Å². The van der Waals surface area contributed by atoms with E-state index >= 15 is 0 Å². The molecule has 5 nitrogen and oxygen atoms in total. The molecule has 0 aliphatic carbocycles. The molecule has 0 aliphatic rings. The fraction of sp³-hybridized carbons (Fsp3) is 0.333. The molecule has 6 heteroatoms. The molecule has 1 aromatic rings. The Balaban J connectivity index is 2.84. The fourth-order valence-electron chi connectivity index (χ4n) is 0.695. The van der Waals surface area contributed by atoms with Gasteiger partial charge in [0.2, 0.25) is 0 Å². The number of nitro groups is 1. The molecule has 0 aliphatic heterocycles. The van der Waals surface area contributed by atoms with Gasteiger partial charge >= 0.3 is 5.88 Å². The zero-order valence-electron chi connectivity index (χ0n) is 5.94. The maximum Gasteiger partial charge on any atom is 0.433 e. The van der Waals surface area contributed by atoms with Crippen LogP contribution in [-0.4, -0.2) is 16.7 Å². The first-order valence-electron chi connectivity index (χ1n) is 3.13. The zero-order valence-corrected chi connectivity index (χ0v) is 5.94. The summed E-state index contributed by atoms with van der Waals surface area (Å²) in [6, 6.07) is 2.23. The maximum atomic E-state index is 11.8. The maximum absolute atomic E-state index is 11.8. The van der Waals surface area contributed by atoms with Gasteiger partial charge in [-0.05, 0) is 6.07 Å². The number of rotatable bonds is 3. The van der Waals surface area contributed by atoms with Crippen molar-refractivity contribution in [2.75, 3.05) is 6.67 Å². The van der Waals surface area contributed by atoms with Crippen molar-refractivity contribution in [2.24, 2.45) is 0 Å². The van der Waals surface area contributed by atoms with E-state index in [4.69, 9.17) is 5.11 Å². The first kappa shape index (κ1) is 8.66. The van der Waals surface area contributed by atoms with Crippen LogP contribution in [0, 0.1) is 10.1 Å². The van der Waals surface area contributed by atoms with E-state index in [1.54, 1.807) is 0 Å². The summed E-state index contributed by atoms with van der Waals surface area (Å²) in [4.78, 5) is 9.31. The van der Waals surface area contributed by atoms with Gasteiger partial charge in [-0.2, -0.15) is 0 Å². The van der Waals surface area contributed by atoms with Gasteiger partial charge in [-0.1, -0.05) is 0 Å². The third kappa shape index (κ3) is 1.59. The van der Waals surface area contributed by atoms with Gasteiger partial charge in [-0.15, -0.1) is 0 Å². The molecule has 66 valence electrons. The Morgan fingerprint density at radius 3 is 2.83 bits per heavy atom. The number of hydrogen-bond donors (Lipinski definition) is 1. The van der Waals surface area contributed by atoms with Gasteiger partial charge in [0.05, 0.1) is 6.07 Å². The van der Waals surface area contributed by atoms with Crippen LogP contribution in [0.4, 0.5) is 10.3 Å². The summed E-state index contributed by atoms with van der Waals surface area (Å²) >= 11 is 0. The molecule has 0 saturated carbocycles. The van der Waals surface area contributed by atoms with Crippen LogP contribution in [0.2, 0.25) is 0 Å². The van der Waals surface area contributed by atoms with Crippen LogP contribution >= 0.6 is 0 Å². The second kappa shape index (κ2) is 3.31. The summed E-state index contributed by atoms with van der Waals surface area (Å²) in [7, 11) is 0. The Morgan fingerprint density at radius 1 is 1.75 bits per heavy atom. The zero-order chi connectivity index (χ0) is 9.14. The lowest BCUT2D eigenvalue weighted by Crippen LogP contribution is -1.96. The number of hydrogen-bond acceptors (Lipinski definition) is 4. The van der Waals surface area contributed by atoms with Gasteiger partial charge in [0.25, 0.3) is 0 Å². The monoisotopic (exact) mass is 175 g/mol. The Bertz CT molecular complexity index is 285. The number of halogens is 1. The molecule has 0 bridgehead atoms. The Hall–Kier alpha value is -1.43. The largest absolute Gasteiger partial charge is 0.433 e. The topological polar surface area (TPSA) is 76.5 Å². The van der Waals surface area contributed by atoms with Crippen LogP contribution in [0.25, 0.3) is 0 Å². The van der Waals surface area contributed by atoms with Crippen LogP contribution in [-0.2, 0) is 0 Å². The molecule has 1 rings (SSSR count). The number of alkyl halides is 1. The Kier molecular flexibility index (Phi) is 2.39. The second-order valence-electron chi connectivity index (χ2n) is 2.10. The highest BCUT2D eigenvalue weighted by Gasteiger charge is 2.17. The molecule has 1 aromatic heterocycles. The average molecular weight is 175 g/mol. The normalized spacial score (nSPS) is 12.8. The number of furan rings is 1. The number of aliphatic hydroxyl groups excluding tert-OH is 1. The lowest BCUT2D eigenvalue weighted by Gasteiger charge is -1.98. The highest BCUT2D eigenvalue weighted by Crippen LogP contribution is 2.21. The SMILES string of the molecule is O=[N+]([O-])c1ccc(C(O)CF)o1. The Labute approximate surface area is 66.6 Å². The summed E-state index contributed by atoms with van der Waals surface area (Å²) in [5, 5.41) is 18.9. The van der Waals surface area contributed by atoms with Crippen molar-refractivity contribution in [3.63, 3.8) is 0 Å². The standard InChI is InChI=1S/C6H6FNO4/c7-3-4(9)5-1-2-6(12-5)8(10)11/h1-2,4,9H,3H2. The molecule has 1 heterocycles. The van der Waals surface area contributed by atoms with Gasteiger partial charge in [0.1, 0.15) is 23.5 Å². The predicted octanol–water partition coefficient (Wildman–Crippen LogP) is 1.19. The molecule has 0 aromatic carbocycles. The highest BCUT2D eigenvalue weighted by atomic mass is 19.1. The molecule has 0 amide bonds. The van der Waals surface area contributed by atoms with Crippen molar-refractivity contribution in [3.8, 4) is 0 Å². The molecule has 0 saturated heterocycles. The first-order chi connectivity index (χ1) is 5.65. The van der Waals surface area contributed by atoms with E-state index in [1.807, 2.05) is 0 Å². The van der Waals surface area contributed by atoms with E-state index in [-0.39, 0.29) is 5.76 Å². The van der Waals surface area contributed by atoms with Crippen LogP contribution < -0.4 is 0 Å². The van der Waals surface area contributed by atoms with Gasteiger partial charge < -0.3 is 9.52 Å². The van der Waals surface area contributed by atoms with E-state index in [2.05, 4.69) is 4.42 Å². The fourth-order valence-corrected chi connectivity index (χ4v) is 0.695. The highest BCUT2D eigenvalue weighted by molar-refractivity contribution is 5.18. The van der Waals surface area contributed by atoms with Gasteiger partial charge in [-0.25, -0.2) is 4.39 Å². The summed E-state index contributed by atoms with van der Waals surface area (Å²) in [5.41, 5.74) is 0. The van der Waals surface area contributed by atoms with E-state index in [9.17, 15) is 14.5 Å². The summed E-state index contributed by atoms with van der Waals surface area (Å²) in [6.45, 7) is -1.02. The average Bonchev–Trinajstić information content (AvgIpc) is 2.51. The van der Waals surface area contributed by atoms with E-state index in [1.165, 1.54) is 6.07 Å². The Morgan fingerprint density at radius 2 is 2.42 bits per heavy atom. The van der Waals surface area contributed by atoms with Gasteiger partial charge in [-0.3, -0.25) is 10.1 Å². The van der Waals surface area contributed by atoms with Crippen LogP contribution in [0.1, 0.15) is 11.9 Å². The number of aliphatic hydroxyl groups is 1. The smallest absolute Gasteiger partial charge is 0.403 e. The van der Waals surface area contributed by atoms with Crippen molar-refractivity contribution in [2.45, 2.75) is 6.10 Å². The molecule has 0 radical (unpaired) electrons. The second-order valence-corrected chi connectivity index (χ2v) is 2.10. The number of nitrogens with zero attached hydrogens (tertiary/aromatic N) is 1. The van der Waals surface area contributed by atoms with E-state index in [0.29, 0.717) is 0 Å². The van der Waals surface area contributed by atoms with Gasteiger partial charge in [0, 0.05) is 0 Å². The minimum absolute atomic E-state index is 0.135. The minimum Gasteiger partial charge on any atom is -0.403 e. The first-order valence-corrected chi connectivity index (χ1v) is 3.13. The molecule has 0 fully saturated rings. The summed E-state index contributed by atoms with van der Waals surface area (Å²) in [6.07, 6.45) is -1.42. The lowest BCUT2D eigenvalue weighted by molar-refractivity contribution is -0.402. The predicted molar refractivity (Wildman–Crippen MR) is 36.3 cm³/mol. The van der Waals surface area contributed by atoms with Crippen molar-refractivity contribution >= 4 is 5.88 Å². The minimum atomic E-state index is -1.42. The van der Waals surface area contributed by atoms with Crippen molar-refractivity contribution < 1.29 is 18.8 Å². The summed E-state index contributed by atoms with van der Waals surface area (Å²) < 4.78 is 16.3. The van der Waals surface area contributed by atoms with Crippen molar-refractivity contribution in [3.05, 3.63) is 28.0 Å². The third-order valence-corrected chi connectivity index (χ3v) is 1.27. The quantitative estimate of drug-likeness (QED) is 0.552. The van der Waals surface area contributed by atoms with Crippen LogP contribution in [0.5, 0.6) is 0 Å². The third-order valence-electron chi connectivity index (χ3n) is 1.27. The van der Waals surface area contributed by atoms with Crippen molar-refractivity contribution in [1.29, 1.82) is 0 Å². The lowest BCUT2D eigenvalue weighted by atomic mass is 10.3. The molecule has 12 heavy (non-hydrogen) atoms. The molecule has 1 atom stereocenters. The molecular formula is C6H6FNO4. The van der Waals surface area contributed by atoms with Crippen LogP contribution in [0.3, 0.4) is 0 Å².